The molecule has 0 spiro atoms. The predicted octanol–water partition coefficient (Wildman–Crippen LogP) is 0.855. The zero-order valence-corrected chi connectivity index (χ0v) is 9.72. The van der Waals surface area contributed by atoms with Crippen LogP contribution >= 0.6 is 0 Å². The van der Waals surface area contributed by atoms with Crippen LogP contribution in [-0.2, 0) is 19.6 Å². The lowest BCUT2D eigenvalue weighted by atomic mass is 10.2. The number of nitrogens with zero attached hydrogens (tertiary/aromatic N) is 4. The molecule has 0 bridgehead atoms. The highest BCUT2D eigenvalue weighted by Gasteiger charge is 2.09. The van der Waals surface area contributed by atoms with Crippen molar-refractivity contribution in [2.45, 2.75) is 33.5 Å². The lowest BCUT2D eigenvalue weighted by molar-refractivity contribution is 0.520. The standard InChI is InChI=1S/C11H17N5/c1-9-11(7-12)10(2)16(14-9)6-5-15-4-3-13-8-15/h3-4,8H,5-7,12H2,1-2H3. The molecule has 2 aromatic rings. The van der Waals surface area contributed by atoms with Crippen molar-refractivity contribution in [2.24, 2.45) is 5.73 Å². The first-order chi connectivity index (χ1) is 7.72. The summed E-state index contributed by atoms with van der Waals surface area (Å²) in [6.07, 6.45) is 5.55. The molecule has 0 aliphatic rings. The van der Waals surface area contributed by atoms with E-state index < -0.39 is 0 Å². The molecule has 0 saturated heterocycles. The monoisotopic (exact) mass is 219 g/mol. The van der Waals surface area contributed by atoms with Crippen LogP contribution in [0.2, 0.25) is 0 Å². The molecule has 2 N–H and O–H groups in total. The Morgan fingerprint density at radius 3 is 2.69 bits per heavy atom. The molecule has 0 fully saturated rings. The maximum absolute atomic E-state index is 5.69. The fourth-order valence-corrected chi connectivity index (χ4v) is 1.88. The van der Waals surface area contributed by atoms with E-state index in [1.165, 1.54) is 5.69 Å². The first-order valence-electron chi connectivity index (χ1n) is 5.41. The molecule has 2 rings (SSSR count). The third kappa shape index (κ3) is 1.99. The number of aryl methyl sites for hydroxylation is 3. The summed E-state index contributed by atoms with van der Waals surface area (Å²) in [4.78, 5) is 4.01. The Hall–Kier alpha value is -1.62. The Bertz CT molecular complexity index is 455. The summed E-state index contributed by atoms with van der Waals surface area (Å²) < 4.78 is 4.05. The van der Waals surface area contributed by atoms with Crippen molar-refractivity contribution in [3.8, 4) is 0 Å². The number of hydrogen-bond donors (Lipinski definition) is 1. The normalized spacial score (nSPS) is 10.9. The van der Waals surface area contributed by atoms with Gasteiger partial charge in [0.15, 0.2) is 0 Å². The third-order valence-corrected chi connectivity index (χ3v) is 2.86. The van der Waals surface area contributed by atoms with Crippen molar-refractivity contribution in [1.82, 2.24) is 19.3 Å². The average Bonchev–Trinajstić information content (AvgIpc) is 2.85. The molecule has 86 valence electrons. The Morgan fingerprint density at radius 1 is 1.31 bits per heavy atom. The highest BCUT2D eigenvalue weighted by atomic mass is 15.3. The van der Waals surface area contributed by atoms with Crippen molar-refractivity contribution >= 4 is 0 Å². The maximum atomic E-state index is 5.69. The van der Waals surface area contributed by atoms with Crippen LogP contribution in [0.4, 0.5) is 0 Å². The zero-order valence-electron chi connectivity index (χ0n) is 9.72. The van der Waals surface area contributed by atoms with E-state index in [4.69, 9.17) is 5.73 Å². The Balaban J connectivity index is 2.10. The molecule has 5 nitrogen and oxygen atoms in total. The van der Waals surface area contributed by atoms with E-state index in [1.807, 2.05) is 28.7 Å². The lowest BCUT2D eigenvalue weighted by Gasteiger charge is -2.05. The molecule has 0 radical (unpaired) electrons. The summed E-state index contributed by atoms with van der Waals surface area (Å²) in [5, 5.41) is 4.48. The second-order valence-corrected chi connectivity index (χ2v) is 3.88. The molecule has 2 aromatic heterocycles. The minimum absolute atomic E-state index is 0.558. The van der Waals surface area contributed by atoms with Gasteiger partial charge in [0, 0.05) is 36.7 Å². The Labute approximate surface area is 94.9 Å². The van der Waals surface area contributed by atoms with Crippen molar-refractivity contribution in [3.63, 3.8) is 0 Å². The van der Waals surface area contributed by atoms with Gasteiger partial charge in [0.2, 0.25) is 0 Å². The van der Waals surface area contributed by atoms with Crippen molar-refractivity contribution < 1.29 is 0 Å². The molecule has 0 unspecified atom stereocenters. The molecule has 0 aliphatic carbocycles. The molecule has 16 heavy (non-hydrogen) atoms. The second kappa shape index (κ2) is 4.49. The van der Waals surface area contributed by atoms with Gasteiger partial charge in [-0.25, -0.2) is 4.98 Å². The zero-order chi connectivity index (χ0) is 11.5. The van der Waals surface area contributed by atoms with Crippen LogP contribution < -0.4 is 5.73 Å². The SMILES string of the molecule is Cc1nn(CCn2ccnc2)c(C)c1CN. The highest BCUT2D eigenvalue weighted by Crippen LogP contribution is 2.11. The van der Waals surface area contributed by atoms with Gasteiger partial charge in [-0.05, 0) is 13.8 Å². The molecule has 0 aromatic carbocycles. The van der Waals surface area contributed by atoms with E-state index in [-0.39, 0.29) is 0 Å². The van der Waals surface area contributed by atoms with Crippen LogP contribution in [0.15, 0.2) is 18.7 Å². The molecular formula is C11H17N5. The van der Waals surface area contributed by atoms with Gasteiger partial charge < -0.3 is 10.3 Å². The van der Waals surface area contributed by atoms with Gasteiger partial charge in [0.1, 0.15) is 0 Å². The molecule has 0 amide bonds. The van der Waals surface area contributed by atoms with Gasteiger partial charge in [-0.2, -0.15) is 5.10 Å². The predicted molar refractivity (Wildman–Crippen MR) is 61.8 cm³/mol. The topological polar surface area (TPSA) is 61.7 Å². The van der Waals surface area contributed by atoms with Gasteiger partial charge in [-0.3, -0.25) is 4.68 Å². The number of imidazole rings is 1. The van der Waals surface area contributed by atoms with Crippen LogP contribution in [0.25, 0.3) is 0 Å². The van der Waals surface area contributed by atoms with Crippen LogP contribution in [0.3, 0.4) is 0 Å². The Kier molecular flexibility index (Phi) is 3.05. The first kappa shape index (κ1) is 10.9. The van der Waals surface area contributed by atoms with Crippen LogP contribution in [0.5, 0.6) is 0 Å². The summed E-state index contributed by atoms with van der Waals surface area (Å²) in [5.74, 6) is 0. The lowest BCUT2D eigenvalue weighted by Crippen LogP contribution is -2.09. The van der Waals surface area contributed by atoms with Crippen LogP contribution in [0, 0.1) is 13.8 Å². The van der Waals surface area contributed by atoms with E-state index in [0.717, 1.165) is 24.3 Å². The summed E-state index contributed by atoms with van der Waals surface area (Å²) >= 11 is 0. The van der Waals surface area contributed by atoms with E-state index in [2.05, 4.69) is 17.0 Å². The minimum Gasteiger partial charge on any atom is -0.336 e. The highest BCUT2D eigenvalue weighted by molar-refractivity contribution is 5.23. The number of aromatic nitrogens is 4. The Morgan fingerprint density at radius 2 is 2.12 bits per heavy atom. The molecule has 0 aliphatic heterocycles. The number of rotatable bonds is 4. The molecule has 5 heteroatoms. The van der Waals surface area contributed by atoms with Crippen LogP contribution in [0.1, 0.15) is 17.0 Å². The number of hydrogen-bond acceptors (Lipinski definition) is 3. The summed E-state index contributed by atoms with van der Waals surface area (Å²) in [7, 11) is 0. The van der Waals surface area contributed by atoms with Gasteiger partial charge in [-0.15, -0.1) is 0 Å². The van der Waals surface area contributed by atoms with E-state index in [1.54, 1.807) is 6.20 Å². The molecule has 0 atom stereocenters. The fraction of sp³-hybridized carbons (Fsp3) is 0.455. The number of nitrogens with two attached hydrogens (primary N) is 1. The molecular weight excluding hydrogens is 202 g/mol. The second-order valence-electron chi connectivity index (χ2n) is 3.88. The van der Waals surface area contributed by atoms with E-state index in [0.29, 0.717) is 6.54 Å². The summed E-state index contributed by atoms with van der Waals surface area (Å²) in [5.41, 5.74) is 9.04. The van der Waals surface area contributed by atoms with E-state index in [9.17, 15) is 0 Å². The molecule has 2 heterocycles. The van der Waals surface area contributed by atoms with Gasteiger partial charge >= 0.3 is 0 Å². The fourth-order valence-electron chi connectivity index (χ4n) is 1.88. The molecule has 0 saturated carbocycles. The van der Waals surface area contributed by atoms with Crippen molar-refractivity contribution in [2.75, 3.05) is 0 Å². The largest absolute Gasteiger partial charge is 0.336 e. The van der Waals surface area contributed by atoms with Gasteiger partial charge in [0.25, 0.3) is 0 Å². The van der Waals surface area contributed by atoms with Gasteiger partial charge in [0.05, 0.1) is 18.6 Å². The smallest absolute Gasteiger partial charge is 0.0946 e. The third-order valence-electron chi connectivity index (χ3n) is 2.86. The first-order valence-corrected chi connectivity index (χ1v) is 5.41. The minimum atomic E-state index is 0.558. The van der Waals surface area contributed by atoms with Crippen molar-refractivity contribution in [3.05, 3.63) is 35.7 Å². The summed E-state index contributed by atoms with van der Waals surface area (Å²) in [6, 6.07) is 0. The average molecular weight is 219 g/mol. The summed E-state index contributed by atoms with van der Waals surface area (Å²) in [6.45, 7) is 6.36. The van der Waals surface area contributed by atoms with Crippen LogP contribution in [-0.4, -0.2) is 19.3 Å². The van der Waals surface area contributed by atoms with Crippen molar-refractivity contribution in [1.29, 1.82) is 0 Å². The quantitative estimate of drug-likeness (QED) is 0.829. The maximum Gasteiger partial charge on any atom is 0.0946 e. The van der Waals surface area contributed by atoms with E-state index >= 15 is 0 Å². The van der Waals surface area contributed by atoms with Gasteiger partial charge in [-0.1, -0.05) is 0 Å².